The summed E-state index contributed by atoms with van der Waals surface area (Å²) >= 11 is 1.21. The highest BCUT2D eigenvalue weighted by molar-refractivity contribution is 7.07. The Kier molecular flexibility index (Phi) is 5.87. The summed E-state index contributed by atoms with van der Waals surface area (Å²) in [6.07, 6.45) is 1.67. The number of carbonyl (C=O) groups excluding carboxylic acids is 2. The molecule has 0 saturated carbocycles. The van der Waals surface area contributed by atoms with Gasteiger partial charge in [-0.3, -0.25) is 14.2 Å². The molecule has 0 saturated heterocycles. The predicted molar refractivity (Wildman–Crippen MR) is 120 cm³/mol. The van der Waals surface area contributed by atoms with Crippen LogP contribution >= 0.6 is 11.3 Å². The van der Waals surface area contributed by atoms with Crippen LogP contribution in [0.5, 0.6) is 5.75 Å². The number of allylic oxidation sites excluding steroid dienone is 1. The minimum absolute atomic E-state index is 0.297. The zero-order valence-electron chi connectivity index (χ0n) is 17.7. The van der Waals surface area contributed by atoms with Crippen molar-refractivity contribution in [3.63, 3.8) is 0 Å². The monoisotopic (exact) mass is 448 g/mol. The summed E-state index contributed by atoms with van der Waals surface area (Å²) in [6, 6.07) is 15.6. The molecule has 162 valence electrons. The van der Waals surface area contributed by atoms with Crippen molar-refractivity contribution in [2.24, 2.45) is 4.99 Å². The van der Waals surface area contributed by atoms with Gasteiger partial charge in [0.25, 0.3) is 5.56 Å². The van der Waals surface area contributed by atoms with Crippen LogP contribution < -0.4 is 19.6 Å². The first-order chi connectivity index (χ1) is 15.4. The number of methoxy groups -OCH3 is 1. The average molecular weight is 449 g/mol. The van der Waals surface area contributed by atoms with E-state index in [2.05, 4.69) is 4.99 Å². The van der Waals surface area contributed by atoms with E-state index in [0.29, 0.717) is 31.9 Å². The molecule has 7 nitrogen and oxygen atoms in total. The third kappa shape index (κ3) is 3.92. The van der Waals surface area contributed by atoms with Crippen molar-refractivity contribution in [2.75, 3.05) is 7.11 Å². The summed E-state index contributed by atoms with van der Waals surface area (Å²) in [5.74, 6) is -0.624. The normalized spacial score (nSPS) is 15.7. The van der Waals surface area contributed by atoms with Crippen molar-refractivity contribution in [2.45, 2.75) is 19.9 Å². The SMILES string of the molecule is COC(=O)C1=C(C)N=c2s/c(=C\c3ccccc3OC(C)=O)c(=O)n2[C@@H]1c1ccccc1. The van der Waals surface area contributed by atoms with E-state index < -0.39 is 18.0 Å². The Morgan fingerprint density at radius 3 is 2.47 bits per heavy atom. The molecular formula is C24H20N2O5S. The summed E-state index contributed by atoms with van der Waals surface area (Å²) in [6.45, 7) is 3.05. The summed E-state index contributed by atoms with van der Waals surface area (Å²) in [5, 5.41) is 0. The Morgan fingerprint density at radius 2 is 1.78 bits per heavy atom. The largest absolute Gasteiger partial charge is 0.466 e. The smallest absolute Gasteiger partial charge is 0.338 e. The summed E-state index contributed by atoms with van der Waals surface area (Å²) < 4.78 is 12.2. The van der Waals surface area contributed by atoms with Crippen LogP contribution in [0, 0.1) is 0 Å². The number of carbonyl (C=O) groups is 2. The second-order valence-corrected chi connectivity index (χ2v) is 8.12. The van der Waals surface area contributed by atoms with E-state index in [1.165, 1.54) is 29.9 Å². The number of fused-ring (bicyclic) bond motifs is 1. The first-order valence-corrected chi connectivity index (χ1v) is 10.7. The average Bonchev–Trinajstić information content (AvgIpc) is 3.08. The van der Waals surface area contributed by atoms with Gasteiger partial charge in [-0.2, -0.15) is 0 Å². The van der Waals surface area contributed by atoms with Crippen LogP contribution in [0.15, 0.2) is 75.7 Å². The van der Waals surface area contributed by atoms with Crippen LogP contribution in [0.4, 0.5) is 0 Å². The van der Waals surface area contributed by atoms with Crippen LogP contribution in [-0.4, -0.2) is 23.6 Å². The molecule has 1 aliphatic rings. The second kappa shape index (κ2) is 8.76. The van der Waals surface area contributed by atoms with Gasteiger partial charge in [-0.25, -0.2) is 9.79 Å². The number of esters is 2. The highest BCUT2D eigenvalue weighted by Gasteiger charge is 2.32. The third-order valence-electron chi connectivity index (χ3n) is 5.00. The number of hydrogen-bond donors (Lipinski definition) is 0. The zero-order chi connectivity index (χ0) is 22.8. The number of ether oxygens (including phenoxy) is 2. The van der Waals surface area contributed by atoms with E-state index in [4.69, 9.17) is 9.47 Å². The third-order valence-corrected chi connectivity index (χ3v) is 5.98. The molecule has 2 heterocycles. The molecule has 4 rings (SSSR count). The molecule has 2 aromatic carbocycles. The minimum atomic E-state index is -0.661. The molecule has 1 aromatic heterocycles. The molecule has 32 heavy (non-hydrogen) atoms. The predicted octanol–water partition coefficient (Wildman–Crippen LogP) is 2.33. The van der Waals surface area contributed by atoms with Gasteiger partial charge in [0, 0.05) is 12.5 Å². The number of nitrogens with zero attached hydrogens (tertiary/aromatic N) is 2. The van der Waals surface area contributed by atoms with Crippen molar-refractivity contribution in [3.05, 3.63) is 96.7 Å². The zero-order valence-corrected chi connectivity index (χ0v) is 18.5. The van der Waals surface area contributed by atoms with Gasteiger partial charge in [-0.1, -0.05) is 59.9 Å². The molecule has 0 amide bonds. The van der Waals surface area contributed by atoms with Gasteiger partial charge in [0.2, 0.25) is 0 Å². The highest BCUT2D eigenvalue weighted by Crippen LogP contribution is 2.30. The molecule has 0 radical (unpaired) electrons. The highest BCUT2D eigenvalue weighted by atomic mass is 32.1. The van der Waals surface area contributed by atoms with E-state index in [0.717, 1.165) is 5.56 Å². The lowest BCUT2D eigenvalue weighted by Gasteiger charge is -2.24. The van der Waals surface area contributed by atoms with Gasteiger partial charge in [-0.05, 0) is 24.6 Å². The Morgan fingerprint density at radius 1 is 1.09 bits per heavy atom. The lowest BCUT2D eigenvalue weighted by atomic mass is 9.96. The Labute approximate surface area is 187 Å². The van der Waals surface area contributed by atoms with Gasteiger partial charge in [-0.15, -0.1) is 0 Å². The Hall–Kier alpha value is -3.78. The van der Waals surface area contributed by atoms with Gasteiger partial charge in [0.1, 0.15) is 5.75 Å². The van der Waals surface area contributed by atoms with Gasteiger partial charge >= 0.3 is 11.9 Å². The number of rotatable bonds is 4. The standard InChI is InChI=1S/C24H20N2O5S/c1-14-20(23(29)30-3)21(16-9-5-4-6-10-16)26-22(28)19(32-24(26)25-14)13-17-11-7-8-12-18(17)31-15(2)27/h4-13,21H,1-3H3/b19-13-/t21-/m1/s1. The first kappa shape index (κ1) is 21.5. The molecule has 1 aliphatic heterocycles. The van der Waals surface area contributed by atoms with Gasteiger partial charge in [0.05, 0.1) is 29.0 Å². The molecule has 0 bridgehead atoms. The van der Waals surface area contributed by atoms with Crippen molar-refractivity contribution >= 4 is 29.4 Å². The van der Waals surface area contributed by atoms with Gasteiger partial charge < -0.3 is 9.47 Å². The lowest BCUT2D eigenvalue weighted by Crippen LogP contribution is -2.39. The molecule has 3 aromatic rings. The fourth-order valence-corrected chi connectivity index (χ4v) is 4.67. The van der Waals surface area contributed by atoms with Crippen LogP contribution in [0.1, 0.15) is 31.0 Å². The van der Waals surface area contributed by atoms with Crippen LogP contribution in [0.25, 0.3) is 6.08 Å². The fraction of sp³-hybridized carbons (Fsp3) is 0.167. The molecule has 0 fully saturated rings. The van der Waals surface area contributed by atoms with E-state index in [-0.39, 0.29) is 5.56 Å². The van der Waals surface area contributed by atoms with E-state index in [1.54, 1.807) is 37.3 Å². The Bertz CT molecular complexity index is 1420. The molecular weight excluding hydrogens is 428 g/mol. The first-order valence-electron chi connectivity index (χ1n) is 9.84. The molecule has 1 atom stereocenters. The Balaban J connectivity index is 1.95. The van der Waals surface area contributed by atoms with E-state index in [9.17, 15) is 14.4 Å². The molecule has 0 aliphatic carbocycles. The number of para-hydroxylation sites is 1. The molecule has 0 N–H and O–H groups in total. The van der Waals surface area contributed by atoms with Crippen LogP contribution in [0.2, 0.25) is 0 Å². The minimum Gasteiger partial charge on any atom is -0.466 e. The second-order valence-electron chi connectivity index (χ2n) is 7.12. The summed E-state index contributed by atoms with van der Waals surface area (Å²) in [5.41, 5.74) is 1.88. The fourth-order valence-electron chi connectivity index (χ4n) is 3.63. The van der Waals surface area contributed by atoms with Crippen molar-refractivity contribution < 1.29 is 19.1 Å². The maximum atomic E-state index is 13.5. The topological polar surface area (TPSA) is 87.0 Å². The van der Waals surface area contributed by atoms with Crippen molar-refractivity contribution in [3.8, 4) is 5.75 Å². The number of hydrogen-bond acceptors (Lipinski definition) is 7. The van der Waals surface area contributed by atoms with Crippen LogP contribution in [0.3, 0.4) is 0 Å². The summed E-state index contributed by atoms with van der Waals surface area (Å²) in [7, 11) is 1.31. The van der Waals surface area contributed by atoms with E-state index in [1.807, 2.05) is 30.3 Å². The maximum Gasteiger partial charge on any atom is 0.338 e. The lowest BCUT2D eigenvalue weighted by molar-refractivity contribution is -0.136. The molecule has 0 unspecified atom stereocenters. The quantitative estimate of drug-likeness (QED) is 0.452. The van der Waals surface area contributed by atoms with Crippen LogP contribution in [-0.2, 0) is 14.3 Å². The number of thiazole rings is 1. The van der Waals surface area contributed by atoms with Crippen molar-refractivity contribution in [1.29, 1.82) is 0 Å². The molecule has 0 spiro atoms. The van der Waals surface area contributed by atoms with Gasteiger partial charge in [0.15, 0.2) is 4.80 Å². The maximum absolute atomic E-state index is 13.5. The molecule has 8 heteroatoms. The van der Waals surface area contributed by atoms with E-state index >= 15 is 0 Å². The van der Waals surface area contributed by atoms with Crippen molar-refractivity contribution in [1.82, 2.24) is 4.57 Å². The number of aromatic nitrogens is 1. The number of benzene rings is 2. The summed E-state index contributed by atoms with van der Waals surface area (Å²) in [4.78, 5) is 42.6.